The van der Waals surface area contributed by atoms with Gasteiger partial charge in [-0.25, -0.2) is 18.9 Å². The van der Waals surface area contributed by atoms with E-state index in [0.717, 1.165) is 0 Å². The fourth-order valence-electron chi connectivity index (χ4n) is 7.16. The minimum atomic E-state index is -1.52. The van der Waals surface area contributed by atoms with Gasteiger partial charge in [-0.2, -0.15) is 0 Å². The van der Waals surface area contributed by atoms with Gasteiger partial charge < -0.3 is 9.84 Å². The van der Waals surface area contributed by atoms with Crippen LogP contribution in [-0.2, 0) is 44.3 Å². The smallest absolute Gasteiger partial charge is 0.310 e. The molecule has 0 bridgehead atoms. The predicted octanol–water partition coefficient (Wildman–Crippen LogP) is 3.48. The minimum absolute atomic E-state index is 0.00652. The number of carboxylic acid groups (broad SMARTS) is 1. The highest BCUT2D eigenvalue weighted by atomic mass is 32.2. The Labute approximate surface area is 263 Å². The zero-order valence-electron chi connectivity index (χ0n) is 25.2. The molecular formula is C28H44N2O14S. The maximum atomic E-state index is 13.0. The molecule has 2 N–H and O–H groups in total. The van der Waals surface area contributed by atoms with E-state index in [1.54, 1.807) is 0 Å². The standard InChI is InChI=1S/C28H44N2O14S/c31-27(32)26-14-20(30(36)37)3-12-25(26)28(33)42-21-8-10-24(11-9-21)45(39)44-23-6-4-22(5-7-23)43-41-16-17-1-2-19(29(34)35)13-18(17)15-40-38/h17-26,38H,1-16H2,(H,31,32). The van der Waals surface area contributed by atoms with Crippen LogP contribution in [0.1, 0.15) is 89.9 Å². The monoisotopic (exact) mass is 664 g/mol. The number of carbonyl (C=O) groups is 2. The summed E-state index contributed by atoms with van der Waals surface area (Å²) in [5.41, 5.74) is 0. The van der Waals surface area contributed by atoms with E-state index in [9.17, 15) is 39.1 Å². The molecule has 0 aromatic rings. The van der Waals surface area contributed by atoms with Crippen molar-refractivity contribution >= 4 is 23.0 Å². The first-order valence-electron chi connectivity index (χ1n) is 15.9. The highest BCUT2D eigenvalue weighted by Crippen LogP contribution is 2.36. The second-order valence-electron chi connectivity index (χ2n) is 12.8. The summed E-state index contributed by atoms with van der Waals surface area (Å²) in [6.45, 7) is 0.256. The number of hydrogen-bond acceptors (Lipinski definition) is 13. The molecule has 17 heteroatoms. The summed E-state index contributed by atoms with van der Waals surface area (Å²) in [4.78, 5) is 61.3. The van der Waals surface area contributed by atoms with Crippen molar-refractivity contribution in [2.45, 2.75) is 126 Å². The molecule has 256 valence electrons. The van der Waals surface area contributed by atoms with Crippen LogP contribution in [0.2, 0.25) is 0 Å². The zero-order chi connectivity index (χ0) is 32.5. The van der Waals surface area contributed by atoms with E-state index in [1.807, 2.05) is 0 Å². The summed E-state index contributed by atoms with van der Waals surface area (Å²) in [5, 5.41) is 40.4. The van der Waals surface area contributed by atoms with Gasteiger partial charge in [0.25, 0.3) is 0 Å². The van der Waals surface area contributed by atoms with Crippen molar-refractivity contribution in [2.24, 2.45) is 23.7 Å². The summed E-state index contributed by atoms with van der Waals surface area (Å²) in [5.74, 6) is -4.14. The van der Waals surface area contributed by atoms with Crippen LogP contribution < -0.4 is 0 Å². The maximum Gasteiger partial charge on any atom is 0.310 e. The fraction of sp³-hybridized carbons (Fsp3) is 0.929. The van der Waals surface area contributed by atoms with Crippen molar-refractivity contribution in [3.8, 4) is 0 Å². The van der Waals surface area contributed by atoms with Crippen LogP contribution in [0.3, 0.4) is 0 Å². The third-order valence-electron chi connectivity index (χ3n) is 9.95. The van der Waals surface area contributed by atoms with Crippen LogP contribution in [0.25, 0.3) is 0 Å². The Morgan fingerprint density at radius 2 is 1.33 bits per heavy atom. The van der Waals surface area contributed by atoms with Gasteiger partial charge in [0.1, 0.15) is 6.10 Å². The number of esters is 1. The van der Waals surface area contributed by atoms with E-state index in [4.69, 9.17) is 24.0 Å². The van der Waals surface area contributed by atoms with E-state index in [-0.39, 0.29) is 66.7 Å². The summed E-state index contributed by atoms with van der Waals surface area (Å²) in [6, 6.07) is -1.62. The van der Waals surface area contributed by atoms with Crippen molar-refractivity contribution < 1.29 is 57.6 Å². The van der Waals surface area contributed by atoms with E-state index in [2.05, 4.69) is 4.89 Å². The van der Waals surface area contributed by atoms with Crippen molar-refractivity contribution in [1.82, 2.24) is 0 Å². The lowest BCUT2D eigenvalue weighted by atomic mass is 9.77. The van der Waals surface area contributed by atoms with Crippen molar-refractivity contribution in [3.05, 3.63) is 20.2 Å². The van der Waals surface area contributed by atoms with Crippen molar-refractivity contribution in [3.63, 3.8) is 0 Å². The Balaban J connectivity index is 1.11. The van der Waals surface area contributed by atoms with Gasteiger partial charge in [0.15, 0.2) is 11.1 Å². The van der Waals surface area contributed by atoms with Crippen LogP contribution in [0.5, 0.6) is 0 Å². The summed E-state index contributed by atoms with van der Waals surface area (Å²) >= 11 is -1.52. The van der Waals surface area contributed by atoms with Gasteiger partial charge in [-0.3, -0.25) is 39.3 Å². The SMILES string of the molecule is O=C(O)C1CC([N+](=O)[O-])CCC1C(=O)OC1CCC(S(=O)OC2CCC(OOCC3CCC([N+](=O)[O-])CC3COO)CC2)CC1. The molecular weight excluding hydrogens is 620 g/mol. The van der Waals surface area contributed by atoms with Gasteiger partial charge in [-0.05, 0) is 76.0 Å². The molecule has 16 nitrogen and oxygen atoms in total. The maximum absolute atomic E-state index is 13.0. The molecule has 4 fully saturated rings. The normalized spacial score (nSPS) is 36.5. The average Bonchev–Trinajstić information content (AvgIpc) is 3.02. The number of nitro groups is 2. The molecule has 4 saturated carbocycles. The number of rotatable bonds is 14. The Morgan fingerprint density at radius 1 is 0.733 bits per heavy atom. The molecule has 4 aliphatic carbocycles. The van der Waals surface area contributed by atoms with Crippen molar-refractivity contribution in [2.75, 3.05) is 13.2 Å². The highest BCUT2D eigenvalue weighted by molar-refractivity contribution is 7.80. The summed E-state index contributed by atoms with van der Waals surface area (Å²) in [7, 11) is 0. The molecule has 45 heavy (non-hydrogen) atoms. The molecule has 7 atom stereocenters. The van der Waals surface area contributed by atoms with E-state index >= 15 is 0 Å². The largest absolute Gasteiger partial charge is 0.481 e. The number of ether oxygens (including phenoxy) is 1. The molecule has 0 radical (unpaired) electrons. The second kappa shape index (κ2) is 17.0. The summed E-state index contributed by atoms with van der Waals surface area (Å²) in [6.07, 6.45) is 5.23. The first kappa shape index (κ1) is 35.5. The average molecular weight is 665 g/mol. The molecule has 0 heterocycles. The molecule has 0 aromatic heterocycles. The predicted molar refractivity (Wildman–Crippen MR) is 154 cm³/mol. The molecule has 0 aromatic carbocycles. The molecule has 0 saturated heterocycles. The third kappa shape index (κ3) is 10.1. The Hall–Kier alpha value is -2.31. The van der Waals surface area contributed by atoms with Gasteiger partial charge in [0.2, 0.25) is 12.1 Å². The zero-order valence-corrected chi connectivity index (χ0v) is 26.0. The lowest BCUT2D eigenvalue weighted by Crippen LogP contribution is -2.42. The quantitative estimate of drug-likeness (QED) is 0.117. The van der Waals surface area contributed by atoms with Gasteiger partial charge in [-0.15, -0.1) is 0 Å². The fourth-order valence-corrected chi connectivity index (χ4v) is 8.44. The summed E-state index contributed by atoms with van der Waals surface area (Å²) < 4.78 is 24.5. The molecule has 0 spiro atoms. The highest BCUT2D eigenvalue weighted by Gasteiger charge is 2.45. The third-order valence-corrected chi connectivity index (χ3v) is 11.4. The lowest BCUT2D eigenvalue weighted by molar-refractivity contribution is -0.529. The first-order valence-corrected chi connectivity index (χ1v) is 17.0. The Morgan fingerprint density at radius 3 is 1.96 bits per heavy atom. The molecule has 4 rings (SSSR count). The molecule has 0 aliphatic heterocycles. The molecule has 0 amide bonds. The van der Waals surface area contributed by atoms with Crippen LogP contribution >= 0.6 is 0 Å². The van der Waals surface area contributed by atoms with Gasteiger partial charge >= 0.3 is 11.9 Å². The van der Waals surface area contributed by atoms with E-state index < -0.39 is 58.0 Å². The lowest BCUT2D eigenvalue weighted by Gasteiger charge is -2.33. The van der Waals surface area contributed by atoms with Crippen LogP contribution in [0.4, 0.5) is 0 Å². The van der Waals surface area contributed by atoms with Crippen LogP contribution in [-0.4, -0.2) is 85.2 Å². The van der Waals surface area contributed by atoms with Gasteiger partial charge in [0, 0.05) is 35.5 Å². The van der Waals surface area contributed by atoms with E-state index in [0.29, 0.717) is 70.6 Å². The number of aliphatic carboxylic acids is 1. The Kier molecular flexibility index (Phi) is 13.4. The first-order chi connectivity index (χ1) is 21.5. The Bertz CT molecular complexity index is 1050. The van der Waals surface area contributed by atoms with Gasteiger partial charge in [0.05, 0.1) is 42.5 Å². The van der Waals surface area contributed by atoms with Gasteiger partial charge in [-0.1, -0.05) is 0 Å². The number of hydrogen-bond donors (Lipinski definition) is 2. The molecule has 4 aliphatic rings. The van der Waals surface area contributed by atoms with E-state index in [1.165, 1.54) is 0 Å². The van der Waals surface area contributed by atoms with Crippen LogP contribution in [0, 0.1) is 43.9 Å². The number of carboxylic acids is 1. The van der Waals surface area contributed by atoms with Crippen LogP contribution in [0.15, 0.2) is 0 Å². The van der Waals surface area contributed by atoms with Crippen molar-refractivity contribution in [1.29, 1.82) is 0 Å². The molecule has 7 unspecified atom stereocenters. The second-order valence-corrected chi connectivity index (χ2v) is 14.2. The minimum Gasteiger partial charge on any atom is -0.481 e. The number of carbonyl (C=O) groups excluding carboxylic acids is 1. The number of nitrogens with zero attached hydrogens (tertiary/aromatic N) is 2. The topological polar surface area (TPSA) is 224 Å².